The first kappa shape index (κ1) is 14.6. The van der Waals surface area contributed by atoms with Gasteiger partial charge in [0.25, 0.3) is 0 Å². The molecular weight excluding hydrogens is 326 g/mol. The number of aromatic nitrogens is 2. The summed E-state index contributed by atoms with van der Waals surface area (Å²) in [6, 6.07) is 6.06. The van der Waals surface area contributed by atoms with E-state index >= 15 is 0 Å². The lowest BCUT2D eigenvalue weighted by Gasteiger charge is -2.18. The van der Waals surface area contributed by atoms with Crippen molar-refractivity contribution in [2.24, 2.45) is 0 Å². The minimum absolute atomic E-state index is 0.0651. The maximum Gasteiger partial charge on any atom is 0.0622 e. The van der Waals surface area contributed by atoms with E-state index in [2.05, 4.69) is 46.4 Å². The number of nitrogens with one attached hydrogen (secondary N) is 1. The summed E-state index contributed by atoms with van der Waals surface area (Å²) in [6.07, 6.45) is 3.96. The van der Waals surface area contributed by atoms with Crippen molar-refractivity contribution in [3.05, 3.63) is 51.2 Å². The topological polar surface area (TPSA) is 29.9 Å². The van der Waals surface area contributed by atoms with Gasteiger partial charge < -0.3 is 5.32 Å². The van der Waals surface area contributed by atoms with Gasteiger partial charge in [-0.15, -0.1) is 0 Å². The quantitative estimate of drug-likeness (QED) is 0.889. The molecule has 0 aliphatic rings. The summed E-state index contributed by atoms with van der Waals surface area (Å²) in [4.78, 5) is 0. The molecule has 0 amide bonds. The van der Waals surface area contributed by atoms with Crippen LogP contribution in [0.1, 0.15) is 31.0 Å². The molecule has 1 unspecified atom stereocenters. The molecule has 3 nitrogen and oxygen atoms in total. The first-order valence-electron chi connectivity index (χ1n) is 6.37. The molecule has 2 aromatic rings. The fourth-order valence-electron chi connectivity index (χ4n) is 2.06. The highest BCUT2D eigenvalue weighted by Gasteiger charge is 2.18. The molecular formula is C14H17BrClN3. The molecule has 1 aromatic carbocycles. The lowest BCUT2D eigenvalue weighted by atomic mass is 10.0. The van der Waals surface area contributed by atoms with Crippen LogP contribution in [0.25, 0.3) is 0 Å². The van der Waals surface area contributed by atoms with Gasteiger partial charge in [0, 0.05) is 22.8 Å². The molecule has 0 fully saturated rings. The van der Waals surface area contributed by atoms with E-state index in [1.165, 1.54) is 0 Å². The largest absolute Gasteiger partial charge is 0.306 e. The van der Waals surface area contributed by atoms with Gasteiger partial charge in [-0.2, -0.15) is 5.10 Å². The zero-order chi connectivity index (χ0) is 13.8. The summed E-state index contributed by atoms with van der Waals surface area (Å²) in [5.74, 6) is 0. The summed E-state index contributed by atoms with van der Waals surface area (Å²) in [7, 11) is 0. The number of hydrogen-bond donors (Lipinski definition) is 1. The van der Waals surface area contributed by atoms with Gasteiger partial charge in [-0.25, -0.2) is 0 Å². The fourth-order valence-corrected chi connectivity index (χ4v) is 2.67. The Bertz CT molecular complexity index is 553. The van der Waals surface area contributed by atoms with Crippen molar-refractivity contribution in [3.8, 4) is 0 Å². The molecule has 0 aliphatic carbocycles. The summed E-state index contributed by atoms with van der Waals surface area (Å²) in [6.45, 7) is 5.89. The van der Waals surface area contributed by atoms with Crippen LogP contribution in [0.3, 0.4) is 0 Å². The van der Waals surface area contributed by atoms with Crippen LogP contribution in [0.4, 0.5) is 0 Å². The van der Waals surface area contributed by atoms with Crippen LogP contribution in [0.2, 0.25) is 5.02 Å². The Hall–Kier alpha value is -0.840. The molecule has 102 valence electrons. The van der Waals surface area contributed by atoms with Crippen LogP contribution in [0.15, 0.2) is 35.1 Å². The van der Waals surface area contributed by atoms with E-state index in [0.29, 0.717) is 0 Å². The molecule has 1 aromatic heterocycles. The molecule has 0 radical (unpaired) electrons. The molecule has 0 saturated heterocycles. The molecule has 1 heterocycles. The van der Waals surface area contributed by atoms with Gasteiger partial charge in [-0.05, 0) is 41.0 Å². The van der Waals surface area contributed by atoms with Gasteiger partial charge in [0.2, 0.25) is 0 Å². The Kier molecular flexibility index (Phi) is 5.02. The van der Waals surface area contributed by atoms with Crippen molar-refractivity contribution < 1.29 is 0 Å². The van der Waals surface area contributed by atoms with Crippen LogP contribution < -0.4 is 5.32 Å². The minimum Gasteiger partial charge on any atom is -0.306 e. The molecule has 0 saturated carbocycles. The zero-order valence-corrected chi connectivity index (χ0v) is 13.4. The molecule has 0 aliphatic heterocycles. The van der Waals surface area contributed by atoms with Crippen LogP contribution in [-0.4, -0.2) is 16.3 Å². The predicted molar refractivity (Wildman–Crippen MR) is 82.6 cm³/mol. The van der Waals surface area contributed by atoms with E-state index in [1.54, 1.807) is 0 Å². The van der Waals surface area contributed by atoms with Crippen LogP contribution in [0, 0.1) is 0 Å². The average Bonchev–Trinajstić information content (AvgIpc) is 2.88. The second kappa shape index (κ2) is 6.55. The summed E-state index contributed by atoms with van der Waals surface area (Å²) >= 11 is 9.88. The van der Waals surface area contributed by atoms with Crippen molar-refractivity contribution in [3.63, 3.8) is 0 Å². The van der Waals surface area contributed by atoms with Gasteiger partial charge in [-0.3, -0.25) is 4.68 Å². The number of hydrogen-bond acceptors (Lipinski definition) is 2. The van der Waals surface area contributed by atoms with Crippen LogP contribution in [0.5, 0.6) is 0 Å². The van der Waals surface area contributed by atoms with Gasteiger partial charge in [0.15, 0.2) is 0 Å². The highest BCUT2D eigenvalue weighted by atomic mass is 79.9. The van der Waals surface area contributed by atoms with Crippen molar-refractivity contribution in [1.29, 1.82) is 0 Å². The van der Waals surface area contributed by atoms with Gasteiger partial charge >= 0.3 is 0 Å². The Morgan fingerprint density at radius 2 is 2.21 bits per heavy atom. The van der Waals surface area contributed by atoms with Crippen LogP contribution in [-0.2, 0) is 6.54 Å². The third-order valence-electron chi connectivity index (χ3n) is 3.01. The third-order valence-corrected chi connectivity index (χ3v) is 4.32. The number of aryl methyl sites for hydroxylation is 1. The van der Waals surface area contributed by atoms with Crippen molar-refractivity contribution in [1.82, 2.24) is 15.1 Å². The maximum atomic E-state index is 6.40. The molecule has 19 heavy (non-hydrogen) atoms. The summed E-state index contributed by atoms with van der Waals surface area (Å²) in [5, 5.41) is 8.55. The number of rotatable bonds is 5. The SMILES string of the molecule is CCNC(c1cnn(CC)c1)c1cccc(Br)c1Cl. The van der Waals surface area contributed by atoms with Gasteiger partial charge in [0.1, 0.15) is 0 Å². The molecule has 0 bridgehead atoms. The first-order chi connectivity index (χ1) is 9.17. The predicted octanol–water partition coefficient (Wildman–Crippen LogP) is 4.02. The Balaban J connectivity index is 2.42. The lowest BCUT2D eigenvalue weighted by Crippen LogP contribution is -2.22. The van der Waals surface area contributed by atoms with Gasteiger partial charge in [-0.1, -0.05) is 30.7 Å². The highest BCUT2D eigenvalue weighted by molar-refractivity contribution is 9.10. The zero-order valence-electron chi connectivity index (χ0n) is 11.0. The minimum atomic E-state index is 0.0651. The number of nitrogens with zero attached hydrogens (tertiary/aromatic N) is 2. The normalized spacial score (nSPS) is 12.6. The van der Waals surface area contributed by atoms with E-state index in [-0.39, 0.29) is 6.04 Å². The first-order valence-corrected chi connectivity index (χ1v) is 7.54. The summed E-state index contributed by atoms with van der Waals surface area (Å²) < 4.78 is 2.84. The number of halogens is 2. The monoisotopic (exact) mass is 341 g/mol. The van der Waals surface area contributed by atoms with Crippen molar-refractivity contribution in [2.45, 2.75) is 26.4 Å². The Labute approximate surface area is 127 Å². The molecule has 2 rings (SSSR count). The standard InChI is InChI=1S/C14H17BrClN3/c1-3-17-14(10-8-18-19(4-2)9-10)11-6-5-7-12(15)13(11)16/h5-9,14,17H,3-4H2,1-2H3. The summed E-state index contributed by atoms with van der Waals surface area (Å²) in [5.41, 5.74) is 2.19. The molecule has 1 N–H and O–H groups in total. The van der Waals surface area contributed by atoms with Gasteiger partial charge in [0.05, 0.1) is 17.3 Å². The van der Waals surface area contributed by atoms with Crippen molar-refractivity contribution in [2.75, 3.05) is 6.54 Å². The number of benzene rings is 1. The Morgan fingerprint density at radius 1 is 1.42 bits per heavy atom. The maximum absolute atomic E-state index is 6.40. The van der Waals surface area contributed by atoms with E-state index < -0.39 is 0 Å². The van der Waals surface area contributed by atoms with Crippen LogP contribution >= 0.6 is 27.5 Å². The third kappa shape index (κ3) is 3.19. The van der Waals surface area contributed by atoms with E-state index in [4.69, 9.17) is 11.6 Å². The van der Waals surface area contributed by atoms with E-state index in [1.807, 2.05) is 29.1 Å². The fraction of sp³-hybridized carbons (Fsp3) is 0.357. The molecule has 1 atom stereocenters. The molecule has 5 heteroatoms. The van der Waals surface area contributed by atoms with Crippen molar-refractivity contribution >= 4 is 27.5 Å². The smallest absolute Gasteiger partial charge is 0.0622 e. The van der Waals surface area contributed by atoms with E-state index in [0.717, 1.165) is 33.7 Å². The van der Waals surface area contributed by atoms with E-state index in [9.17, 15) is 0 Å². The highest BCUT2D eigenvalue weighted by Crippen LogP contribution is 2.33. The average molecular weight is 343 g/mol. The second-order valence-electron chi connectivity index (χ2n) is 4.26. The molecule has 0 spiro atoms. The lowest BCUT2D eigenvalue weighted by molar-refractivity contribution is 0.625. The Morgan fingerprint density at radius 3 is 2.84 bits per heavy atom. The second-order valence-corrected chi connectivity index (χ2v) is 5.50.